The first kappa shape index (κ1) is 16.1. The normalized spacial score (nSPS) is 23.4. The molecule has 6 nitrogen and oxygen atoms in total. The summed E-state index contributed by atoms with van der Waals surface area (Å²) in [5, 5.41) is 8.46. The highest BCUT2D eigenvalue weighted by atomic mass is 19.1. The van der Waals surface area contributed by atoms with Crippen LogP contribution in [-0.4, -0.2) is 43.2 Å². The molecular formula is C18H22FN5O. The van der Waals surface area contributed by atoms with Crippen LogP contribution in [0.4, 0.5) is 10.1 Å². The minimum absolute atomic E-state index is 0.0356. The van der Waals surface area contributed by atoms with Crippen LogP contribution in [0.25, 0.3) is 5.57 Å². The Kier molecular flexibility index (Phi) is 4.42. The third-order valence-electron chi connectivity index (χ3n) is 4.45. The lowest BCUT2D eigenvalue weighted by Gasteiger charge is -2.20. The van der Waals surface area contributed by atoms with Crippen LogP contribution >= 0.6 is 0 Å². The van der Waals surface area contributed by atoms with Crippen molar-refractivity contribution in [3.63, 3.8) is 0 Å². The van der Waals surface area contributed by atoms with E-state index in [0.717, 1.165) is 35.9 Å². The van der Waals surface area contributed by atoms with Gasteiger partial charge in [-0.2, -0.15) is 0 Å². The summed E-state index contributed by atoms with van der Waals surface area (Å²) < 4.78 is 20.2. The van der Waals surface area contributed by atoms with Gasteiger partial charge in [-0.15, -0.1) is 0 Å². The fraction of sp³-hybridized carbons (Fsp3) is 0.389. The maximum absolute atomic E-state index is 14.6. The fourth-order valence-corrected chi connectivity index (χ4v) is 3.24. The standard InChI is InChI=1S/C18H22FN5O/c1-12-17-14-11-13(3-4-15(14)19)20-7-10-25-9-2-6-21-16-5-8-24(23-12)18(17)22-16/h3-5,8,11-12,20,23H,2,6-7,9-10H2,1H3,(H,21,22). The van der Waals surface area contributed by atoms with Crippen molar-refractivity contribution in [3.8, 4) is 0 Å². The lowest BCUT2D eigenvalue weighted by atomic mass is 9.99. The number of hydrogen-bond donors (Lipinski definition) is 3. The summed E-state index contributed by atoms with van der Waals surface area (Å²) in [5.41, 5.74) is 5.61. The largest absolute Gasteiger partial charge is 0.383 e. The van der Waals surface area contributed by atoms with Crippen molar-refractivity contribution < 1.29 is 9.13 Å². The van der Waals surface area contributed by atoms with E-state index in [0.29, 0.717) is 25.3 Å². The molecule has 4 bridgehead atoms. The van der Waals surface area contributed by atoms with Gasteiger partial charge in [-0.3, -0.25) is 5.01 Å². The molecule has 25 heavy (non-hydrogen) atoms. The van der Waals surface area contributed by atoms with Gasteiger partial charge >= 0.3 is 0 Å². The van der Waals surface area contributed by atoms with E-state index in [9.17, 15) is 4.39 Å². The molecule has 3 aliphatic heterocycles. The average Bonchev–Trinajstić information content (AvgIpc) is 2.93. The van der Waals surface area contributed by atoms with E-state index in [1.807, 2.05) is 30.3 Å². The molecule has 0 radical (unpaired) electrons. The second-order valence-electron chi connectivity index (χ2n) is 6.28. The first-order chi connectivity index (χ1) is 12.2. The summed E-state index contributed by atoms with van der Waals surface area (Å²) in [4.78, 5) is 4.70. The predicted molar refractivity (Wildman–Crippen MR) is 96.3 cm³/mol. The summed E-state index contributed by atoms with van der Waals surface area (Å²) in [6.07, 6.45) is 4.74. The van der Waals surface area contributed by atoms with Gasteiger partial charge < -0.3 is 15.4 Å². The number of nitrogens with zero attached hydrogens (tertiary/aromatic N) is 2. The molecule has 0 saturated carbocycles. The topological polar surface area (TPSA) is 60.9 Å². The highest BCUT2D eigenvalue weighted by Gasteiger charge is 2.31. The highest BCUT2D eigenvalue weighted by molar-refractivity contribution is 5.95. The van der Waals surface area contributed by atoms with E-state index in [1.54, 1.807) is 6.07 Å². The van der Waals surface area contributed by atoms with Crippen molar-refractivity contribution in [2.75, 3.05) is 31.6 Å². The molecule has 4 rings (SSSR count). The molecule has 3 N–H and O–H groups in total. The first-order valence-corrected chi connectivity index (χ1v) is 8.64. The van der Waals surface area contributed by atoms with Crippen molar-refractivity contribution in [1.82, 2.24) is 15.8 Å². The number of fused-ring (bicyclic) bond motifs is 3. The van der Waals surface area contributed by atoms with Crippen LogP contribution < -0.4 is 16.1 Å². The number of anilines is 1. The van der Waals surface area contributed by atoms with E-state index in [2.05, 4.69) is 16.1 Å². The molecule has 0 aliphatic carbocycles. The van der Waals surface area contributed by atoms with Gasteiger partial charge in [-0.1, -0.05) is 0 Å². The van der Waals surface area contributed by atoms with Crippen molar-refractivity contribution in [1.29, 1.82) is 0 Å². The molecule has 0 amide bonds. The maximum atomic E-state index is 14.6. The quantitative estimate of drug-likeness (QED) is 0.673. The van der Waals surface area contributed by atoms with Gasteiger partial charge in [-0.25, -0.2) is 14.8 Å². The minimum atomic E-state index is -0.247. The average molecular weight is 343 g/mol. The van der Waals surface area contributed by atoms with Crippen LogP contribution in [0.3, 0.4) is 0 Å². The Morgan fingerprint density at radius 2 is 2.16 bits per heavy atom. The second-order valence-corrected chi connectivity index (χ2v) is 6.28. The van der Waals surface area contributed by atoms with E-state index >= 15 is 0 Å². The molecular weight excluding hydrogens is 321 g/mol. The van der Waals surface area contributed by atoms with Crippen LogP contribution in [0.1, 0.15) is 18.9 Å². The molecule has 1 aromatic rings. The Labute approximate surface area is 146 Å². The molecule has 1 atom stereocenters. The van der Waals surface area contributed by atoms with Gasteiger partial charge in [0.05, 0.1) is 12.6 Å². The maximum Gasteiger partial charge on any atom is 0.154 e. The Balaban J connectivity index is 1.78. The van der Waals surface area contributed by atoms with Gasteiger partial charge in [0.1, 0.15) is 11.7 Å². The number of rotatable bonds is 0. The number of benzene rings is 1. The zero-order chi connectivity index (χ0) is 17.2. The number of hydrazine groups is 1. The van der Waals surface area contributed by atoms with Gasteiger partial charge in [0.2, 0.25) is 0 Å². The van der Waals surface area contributed by atoms with Crippen molar-refractivity contribution in [2.24, 2.45) is 4.99 Å². The van der Waals surface area contributed by atoms with Gasteiger partial charge in [-0.05, 0) is 37.6 Å². The monoisotopic (exact) mass is 343 g/mol. The third-order valence-corrected chi connectivity index (χ3v) is 4.45. The molecule has 1 unspecified atom stereocenters. The van der Waals surface area contributed by atoms with E-state index in [-0.39, 0.29) is 11.9 Å². The molecule has 0 spiro atoms. The fourth-order valence-electron chi connectivity index (χ4n) is 3.24. The first-order valence-electron chi connectivity index (χ1n) is 8.64. The number of nitrogens with one attached hydrogen (secondary N) is 3. The summed E-state index contributed by atoms with van der Waals surface area (Å²) >= 11 is 0. The molecule has 3 heterocycles. The molecule has 0 aromatic heterocycles. The second kappa shape index (κ2) is 6.85. The smallest absolute Gasteiger partial charge is 0.154 e. The molecule has 1 aromatic carbocycles. The van der Waals surface area contributed by atoms with Crippen molar-refractivity contribution in [2.45, 2.75) is 19.4 Å². The zero-order valence-corrected chi connectivity index (χ0v) is 14.2. The molecule has 3 aliphatic rings. The Morgan fingerprint density at radius 1 is 1.24 bits per heavy atom. The lowest BCUT2D eigenvalue weighted by Crippen LogP contribution is -2.35. The lowest BCUT2D eigenvalue weighted by molar-refractivity contribution is 0.142. The SMILES string of the molecule is CC1NN2C=CC3=NC2=C1c1cc(ccc1F)NCCOCCCN3. The van der Waals surface area contributed by atoms with Crippen LogP contribution in [-0.2, 0) is 4.74 Å². The van der Waals surface area contributed by atoms with Gasteiger partial charge in [0, 0.05) is 42.7 Å². The van der Waals surface area contributed by atoms with Gasteiger partial charge in [0.15, 0.2) is 5.82 Å². The van der Waals surface area contributed by atoms with E-state index in [4.69, 9.17) is 9.73 Å². The zero-order valence-electron chi connectivity index (χ0n) is 14.2. The Bertz CT molecular complexity index is 758. The summed E-state index contributed by atoms with van der Waals surface area (Å²) in [7, 11) is 0. The van der Waals surface area contributed by atoms with E-state index < -0.39 is 0 Å². The summed E-state index contributed by atoms with van der Waals surface area (Å²) in [5.74, 6) is 1.27. The summed E-state index contributed by atoms with van der Waals surface area (Å²) in [6, 6.07) is 5.07. The molecule has 0 fully saturated rings. The highest BCUT2D eigenvalue weighted by Crippen LogP contribution is 2.34. The molecule has 7 heteroatoms. The van der Waals surface area contributed by atoms with Crippen molar-refractivity contribution in [3.05, 3.63) is 47.7 Å². The molecule has 132 valence electrons. The molecule has 0 saturated heterocycles. The number of aliphatic imine (C=N–C) groups is 1. The number of ether oxygens (including phenoxy) is 1. The number of halogens is 1. The minimum Gasteiger partial charge on any atom is -0.383 e. The van der Waals surface area contributed by atoms with Crippen LogP contribution in [0, 0.1) is 5.82 Å². The van der Waals surface area contributed by atoms with Crippen LogP contribution in [0.2, 0.25) is 0 Å². The van der Waals surface area contributed by atoms with Crippen LogP contribution in [0.5, 0.6) is 0 Å². The van der Waals surface area contributed by atoms with E-state index in [1.165, 1.54) is 6.07 Å². The number of hydrogen-bond acceptors (Lipinski definition) is 6. The Morgan fingerprint density at radius 3 is 3.08 bits per heavy atom. The third kappa shape index (κ3) is 3.25. The van der Waals surface area contributed by atoms with Gasteiger partial charge in [0.25, 0.3) is 0 Å². The Hall–Kier alpha value is -2.38. The summed E-state index contributed by atoms with van der Waals surface area (Å²) in [6.45, 7) is 4.79. The van der Waals surface area contributed by atoms with Crippen molar-refractivity contribution >= 4 is 17.1 Å². The predicted octanol–water partition coefficient (Wildman–Crippen LogP) is 2.05. The number of amidine groups is 1. The van der Waals surface area contributed by atoms with Crippen LogP contribution in [0.15, 0.2) is 41.3 Å².